The summed E-state index contributed by atoms with van der Waals surface area (Å²) in [6, 6.07) is 0. The molecule has 0 aliphatic heterocycles. The predicted molar refractivity (Wildman–Crippen MR) is 69.6 cm³/mol. The quantitative estimate of drug-likeness (QED) is 0.598. The standard InChI is InChI=1S/C14H19NO3/c1-11(7-9-13(15)16)18-14(17)10-8-12-5-3-2-4-6-12/h5,7-11H,2-4,6H2,1H3,(H2,15,16)/b9-7-,10-8+. The molecule has 0 saturated carbocycles. The summed E-state index contributed by atoms with van der Waals surface area (Å²) in [7, 11) is 0. The van der Waals surface area contributed by atoms with Gasteiger partial charge < -0.3 is 10.5 Å². The molecular formula is C14H19NO3. The zero-order valence-electron chi connectivity index (χ0n) is 10.6. The molecule has 18 heavy (non-hydrogen) atoms. The lowest BCUT2D eigenvalue weighted by atomic mass is 9.99. The van der Waals surface area contributed by atoms with Crippen LogP contribution in [0, 0.1) is 0 Å². The molecule has 1 rings (SSSR count). The molecule has 98 valence electrons. The molecule has 0 aromatic carbocycles. The summed E-state index contributed by atoms with van der Waals surface area (Å²) in [5.74, 6) is -0.969. The first-order chi connectivity index (χ1) is 8.58. The highest BCUT2D eigenvalue weighted by Crippen LogP contribution is 2.18. The lowest BCUT2D eigenvalue weighted by Crippen LogP contribution is -2.12. The minimum Gasteiger partial charge on any atom is -0.455 e. The van der Waals surface area contributed by atoms with Gasteiger partial charge in [0.05, 0.1) is 0 Å². The summed E-state index contributed by atoms with van der Waals surface area (Å²) in [6.07, 6.45) is 12.0. The Morgan fingerprint density at radius 3 is 2.78 bits per heavy atom. The van der Waals surface area contributed by atoms with E-state index in [0.717, 1.165) is 12.8 Å². The summed E-state index contributed by atoms with van der Waals surface area (Å²) in [5.41, 5.74) is 6.12. The van der Waals surface area contributed by atoms with E-state index in [4.69, 9.17) is 10.5 Å². The maximum Gasteiger partial charge on any atom is 0.331 e. The number of rotatable bonds is 5. The zero-order valence-corrected chi connectivity index (χ0v) is 10.6. The number of hydrogen-bond donors (Lipinski definition) is 1. The van der Waals surface area contributed by atoms with Crippen molar-refractivity contribution in [3.05, 3.63) is 36.0 Å². The fraction of sp³-hybridized carbons (Fsp3) is 0.429. The highest BCUT2D eigenvalue weighted by Gasteiger charge is 2.04. The molecule has 0 fully saturated rings. The van der Waals surface area contributed by atoms with E-state index >= 15 is 0 Å². The molecule has 4 nitrogen and oxygen atoms in total. The maximum absolute atomic E-state index is 11.5. The van der Waals surface area contributed by atoms with Crippen molar-refractivity contribution in [2.75, 3.05) is 0 Å². The number of esters is 1. The molecule has 1 atom stereocenters. The van der Waals surface area contributed by atoms with Crippen molar-refractivity contribution in [2.45, 2.75) is 38.7 Å². The molecule has 4 heteroatoms. The Bertz CT molecular complexity index is 394. The maximum atomic E-state index is 11.5. The Morgan fingerprint density at radius 1 is 1.39 bits per heavy atom. The zero-order chi connectivity index (χ0) is 13.4. The molecule has 0 aromatic heterocycles. The van der Waals surface area contributed by atoms with Gasteiger partial charge in [0.2, 0.25) is 5.91 Å². The lowest BCUT2D eigenvalue weighted by Gasteiger charge is -2.09. The van der Waals surface area contributed by atoms with E-state index in [1.54, 1.807) is 13.0 Å². The number of primary amides is 1. The van der Waals surface area contributed by atoms with Crippen molar-refractivity contribution in [2.24, 2.45) is 5.73 Å². The van der Waals surface area contributed by atoms with Crippen molar-refractivity contribution in [1.82, 2.24) is 0 Å². The first-order valence-electron chi connectivity index (χ1n) is 6.13. The second-order valence-electron chi connectivity index (χ2n) is 4.26. The highest BCUT2D eigenvalue weighted by atomic mass is 16.5. The normalized spacial score (nSPS) is 17.7. The minimum absolute atomic E-state index is 0.414. The average Bonchev–Trinajstić information content (AvgIpc) is 2.35. The molecule has 1 aliphatic carbocycles. The SMILES string of the molecule is CC(/C=C\C(N)=O)OC(=O)/C=C/C1=CCCCC1. The van der Waals surface area contributed by atoms with Gasteiger partial charge in [-0.25, -0.2) is 4.79 Å². The summed E-state index contributed by atoms with van der Waals surface area (Å²) in [6.45, 7) is 1.67. The van der Waals surface area contributed by atoms with Crippen molar-refractivity contribution in [1.29, 1.82) is 0 Å². The monoisotopic (exact) mass is 249 g/mol. The van der Waals surface area contributed by atoms with E-state index in [1.165, 1.54) is 36.6 Å². The third-order valence-electron chi connectivity index (χ3n) is 2.59. The summed E-state index contributed by atoms with van der Waals surface area (Å²) in [4.78, 5) is 21.9. The molecule has 0 saturated heterocycles. The molecule has 0 bridgehead atoms. The predicted octanol–water partition coefficient (Wildman–Crippen LogP) is 2.02. The fourth-order valence-electron chi connectivity index (χ4n) is 1.68. The number of carbonyl (C=O) groups excluding carboxylic acids is 2. The second kappa shape index (κ2) is 7.48. The molecule has 0 aromatic rings. The topological polar surface area (TPSA) is 69.4 Å². The molecule has 0 spiro atoms. The molecule has 1 unspecified atom stereocenters. The Hall–Kier alpha value is -1.84. The van der Waals surface area contributed by atoms with E-state index in [0.29, 0.717) is 0 Å². The van der Waals surface area contributed by atoms with E-state index in [9.17, 15) is 9.59 Å². The van der Waals surface area contributed by atoms with Gasteiger partial charge >= 0.3 is 5.97 Å². The van der Waals surface area contributed by atoms with Gasteiger partial charge in [0, 0.05) is 12.2 Å². The van der Waals surface area contributed by atoms with Crippen LogP contribution < -0.4 is 5.73 Å². The summed E-state index contributed by atoms with van der Waals surface area (Å²) in [5, 5.41) is 0. The van der Waals surface area contributed by atoms with E-state index in [2.05, 4.69) is 6.08 Å². The van der Waals surface area contributed by atoms with Gasteiger partial charge in [0.1, 0.15) is 6.10 Å². The third kappa shape index (κ3) is 6.03. The second-order valence-corrected chi connectivity index (χ2v) is 4.26. The van der Waals surface area contributed by atoms with Crippen LogP contribution in [0.15, 0.2) is 36.0 Å². The van der Waals surface area contributed by atoms with Crippen LogP contribution in [0.1, 0.15) is 32.6 Å². The Kier molecular flexibility index (Phi) is 5.91. The van der Waals surface area contributed by atoms with Gasteiger partial charge in [-0.1, -0.05) is 17.7 Å². The number of amides is 1. The summed E-state index contributed by atoms with van der Waals surface area (Å²) >= 11 is 0. The first kappa shape index (κ1) is 14.2. The molecule has 2 N–H and O–H groups in total. The van der Waals surface area contributed by atoms with Gasteiger partial charge in [-0.3, -0.25) is 4.79 Å². The molecular weight excluding hydrogens is 230 g/mol. The van der Waals surface area contributed by atoms with Crippen LogP contribution in [0.4, 0.5) is 0 Å². The van der Waals surface area contributed by atoms with Crippen LogP contribution in [0.25, 0.3) is 0 Å². The fourth-order valence-corrected chi connectivity index (χ4v) is 1.68. The number of ether oxygens (including phenoxy) is 1. The van der Waals surface area contributed by atoms with Crippen LogP contribution in [-0.4, -0.2) is 18.0 Å². The Morgan fingerprint density at radius 2 is 2.17 bits per heavy atom. The lowest BCUT2D eigenvalue weighted by molar-refractivity contribution is -0.140. The van der Waals surface area contributed by atoms with Crippen molar-refractivity contribution < 1.29 is 14.3 Å². The number of carbonyl (C=O) groups is 2. The van der Waals surface area contributed by atoms with Gasteiger partial charge in [-0.2, -0.15) is 0 Å². The number of allylic oxidation sites excluding steroid dienone is 3. The largest absolute Gasteiger partial charge is 0.455 e. The molecule has 0 heterocycles. The first-order valence-corrected chi connectivity index (χ1v) is 6.13. The van der Waals surface area contributed by atoms with E-state index in [-0.39, 0.29) is 0 Å². The van der Waals surface area contributed by atoms with Gasteiger partial charge in [0.25, 0.3) is 0 Å². The van der Waals surface area contributed by atoms with Crippen molar-refractivity contribution in [3.8, 4) is 0 Å². The van der Waals surface area contributed by atoms with Crippen molar-refractivity contribution >= 4 is 11.9 Å². The van der Waals surface area contributed by atoms with E-state index in [1.807, 2.05) is 0 Å². The van der Waals surface area contributed by atoms with Crippen LogP contribution in [-0.2, 0) is 14.3 Å². The van der Waals surface area contributed by atoms with Crippen LogP contribution in [0.2, 0.25) is 0 Å². The molecule has 1 aliphatic rings. The van der Waals surface area contributed by atoms with Crippen molar-refractivity contribution in [3.63, 3.8) is 0 Å². The molecule has 0 radical (unpaired) electrons. The van der Waals surface area contributed by atoms with Crippen LogP contribution in [0.3, 0.4) is 0 Å². The Balaban J connectivity index is 2.38. The van der Waals surface area contributed by atoms with Crippen LogP contribution >= 0.6 is 0 Å². The number of nitrogens with two attached hydrogens (primary N) is 1. The minimum atomic E-state index is -0.555. The molecule has 1 amide bonds. The highest BCUT2D eigenvalue weighted by molar-refractivity contribution is 5.86. The third-order valence-corrected chi connectivity index (χ3v) is 2.59. The van der Waals surface area contributed by atoms with Gasteiger partial charge in [-0.15, -0.1) is 0 Å². The van der Waals surface area contributed by atoms with Crippen LogP contribution in [0.5, 0.6) is 0 Å². The average molecular weight is 249 g/mol. The number of hydrogen-bond acceptors (Lipinski definition) is 3. The smallest absolute Gasteiger partial charge is 0.331 e. The van der Waals surface area contributed by atoms with Gasteiger partial charge in [0.15, 0.2) is 0 Å². The summed E-state index contributed by atoms with van der Waals surface area (Å²) < 4.78 is 5.04. The van der Waals surface area contributed by atoms with Gasteiger partial charge in [-0.05, 0) is 38.7 Å². The van der Waals surface area contributed by atoms with E-state index < -0.39 is 18.0 Å². The Labute approximate surface area is 107 Å².